The number of hydrogen-bond acceptors (Lipinski definition) is 3. The standard InChI is InChI=1S/C21H25N3O2/c1-2-23-11-13-24(14-12-23)21(26)19-10-6-9-18(15-19)20(25)22-16-17-7-4-3-5-8-17/h3-10,15H,2,11-14,16H2,1H3,(H,22,25). The van der Waals surface area contributed by atoms with E-state index in [0.29, 0.717) is 17.7 Å². The van der Waals surface area contributed by atoms with Gasteiger partial charge in [-0.15, -0.1) is 0 Å². The maximum atomic E-state index is 12.7. The molecule has 0 spiro atoms. The largest absolute Gasteiger partial charge is 0.348 e. The lowest BCUT2D eigenvalue weighted by Gasteiger charge is -2.34. The Bertz CT molecular complexity index is 753. The summed E-state index contributed by atoms with van der Waals surface area (Å²) < 4.78 is 0. The number of carbonyl (C=O) groups excluding carboxylic acids is 2. The zero-order valence-electron chi connectivity index (χ0n) is 15.1. The summed E-state index contributed by atoms with van der Waals surface area (Å²) in [6, 6.07) is 16.8. The molecule has 1 fully saturated rings. The molecule has 5 heteroatoms. The summed E-state index contributed by atoms with van der Waals surface area (Å²) in [6.07, 6.45) is 0. The van der Waals surface area contributed by atoms with Crippen LogP contribution in [-0.2, 0) is 6.54 Å². The third-order valence-electron chi connectivity index (χ3n) is 4.77. The van der Waals surface area contributed by atoms with Gasteiger partial charge in [0.1, 0.15) is 0 Å². The van der Waals surface area contributed by atoms with Gasteiger partial charge in [0.05, 0.1) is 0 Å². The molecule has 0 aliphatic carbocycles. The van der Waals surface area contributed by atoms with E-state index in [1.54, 1.807) is 24.3 Å². The molecular formula is C21H25N3O2. The molecule has 26 heavy (non-hydrogen) atoms. The molecule has 1 aliphatic heterocycles. The molecule has 5 nitrogen and oxygen atoms in total. The van der Waals surface area contributed by atoms with Gasteiger partial charge >= 0.3 is 0 Å². The van der Waals surface area contributed by atoms with Gasteiger partial charge in [-0.1, -0.05) is 43.3 Å². The maximum Gasteiger partial charge on any atom is 0.253 e. The van der Waals surface area contributed by atoms with Crippen molar-refractivity contribution in [2.75, 3.05) is 32.7 Å². The van der Waals surface area contributed by atoms with E-state index in [-0.39, 0.29) is 11.8 Å². The molecule has 1 N–H and O–H groups in total. The van der Waals surface area contributed by atoms with E-state index in [1.807, 2.05) is 35.2 Å². The van der Waals surface area contributed by atoms with Crippen LogP contribution in [0.2, 0.25) is 0 Å². The van der Waals surface area contributed by atoms with E-state index < -0.39 is 0 Å². The summed E-state index contributed by atoms with van der Waals surface area (Å²) in [5, 5.41) is 2.90. The monoisotopic (exact) mass is 351 g/mol. The summed E-state index contributed by atoms with van der Waals surface area (Å²) in [5.41, 5.74) is 2.13. The SMILES string of the molecule is CCN1CCN(C(=O)c2cccc(C(=O)NCc3ccccc3)c2)CC1. The second kappa shape index (κ2) is 8.63. The highest BCUT2D eigenvalue weighted by Gasteiger charge is 2.21. The van der Waals surface area contributed by atoms with Gasteiger partial charge < -0.3 is 15.1 Å². The van der Waals surface area contributed by atoms with E-state index >= 15 is 0 Å². The van der Waals surface area contributed by atoms with Crippen LogP contribution in [-0.4, -0.2) is 54.3 Å². The van der Waals surface area contributed by atoms with Crippen LogP contribution in [0.4, 0.5) is 0 Å². The fourth-order valence-corrected chi connectivity index (χ4v) is 3.12. The molecular weight excluding hydrogens is 326 g/mol. The van der Waals surface area contributed by atoms with Crippen molar-refractivity contribution >= 4 is 11.8 Å². The first kappa shape index (κ1) is 18.1. The maximum absolute atomic E-state index is 12.7. The van der Waals surface area contributed by atoms with Crippen molar-refractivity contribution in [3.8, 4) is 0 Å². The number of hydrogen-bond donors (Lipinski definition) is 1. The number of likely N-dealkylation sites (N-methyl/N-ethyl adjacent to an activating group) is 1. The third kappa shape index (κ3) is 4.49. The average Bonchev–Trinajstić information content (AvgIpc) is 2.72. The van der Waals surface area contributed by atoms with Crippen molar-refractivity contribution in [3.05, 3.63) is 71.3 Å². The summed E-state index contributed by atoms with van der Waals surface area (Å²) >= 11 is 0. The Morgan fingerprint density at radius 2 is 1.62 bits per heavy atom. The van der Waals surface area contributed by atoms with E-state index in [9.17, 15) is 9.59 Å². The molecule has 2 aromatic carbocycles. The molecule has 0 radical (unpaired) electrons. The summed E-state index contributed by atoms with van der Waals surface area (Å²) in [6.45, 7) is 6.89. The molecule has 2 aromatic rings. The van der Waals surface area contributed by atoms with Crippen molar-refractivity contribution in [1.82, 2.24) is 15.1 Å². The average molecular weight is 351 g/mol. The highest BCUT2D eigenvalue weighted by molar-refractivity contribution is 5.99. The number of rotatable bonds is 5. The van der Waals surface area contributed by atoms with Gasteiger partial charge in [-0.2, -0.15) is 0 Å². The van der Waals surface area contributed by atoms with Crippen LogP contribution in [0.1, 0.15) is 33.2 Å². The normalized spacial score (nSPS) is 14.9. The predicted octanol–water partition coefficient (Wildman–Crippen LogP) is 2.39. The van der Waals surface area contributed by atoms with Crippen LogP contribution in [0, 0.1) is 0 Å². The molecule has 1 aliphatic rings. The van der Waals surface area contributed by atoms with Crippen molar-refractivity contribution in [2.24, 2.45) is 0 Å². The number of carbonyl (C=O) groups is 2. The molecule has 136 valence electrons. The smallest absolute Gasteiger partial charge is 0.253 e. The van der Waals surface area contributed by atoms with Gasteiger partial charge in [-0.25, -0.2) is 0 Å². The Balaban J connectivity index is 1.62. The minimum atomic E-state index is -0.167. The lowest BCUT2D eigenvalue weighted by Crippen LogP contribution is -2.48. The van der Waals surface area contributed by atoms with Crippen molar-refractivity contribution in [1.29, 1.82) is 0 Å². The molecule has 0 aromatic heterocycles. The fraction of sp³-hybridized carbons (Fsp3) is 0.333. The molecule has 1 heterocycles. The quantitative estimate of drug-likeness (QED) is 0.900. The van der Waals surface area contributed by atoms with Gasteiger partial charge in [0.25, 0.3) is 11.8 Å². The van der Waals surface area contributed by atoms with Gasteiger partial charge in [0, 0.05) is 43.9 Å². The summed E-state index contributed by atoms with van der Waals surface area (Å²) in [4.78, 5) is 29.3. The Morgan fingerprint density at radius 3 is 2.31 bits per heavy atom. The lowest BCUT2D eigenvalue weighted by molar-refractivity contribution is 0.0643. The van der Waals surface area contributed by atoms with Gasteiger partial charge in [0.15, 0.2) is 0 Å². The van der Waals surface area contributed by atoms with Crippen LogP contribution in [0.3, 0.4) is 0 Å². The minimum Gasteiger partial charge on any atom is -0.348 e. The number of amides is 2. The Morgan fingerprint density at radius 1 is 0.923 bits per heavy atom. The van der Waals surface area contributed by atoms with Crippen molar-refractivity contribution in [2.45, 2.75) is 13.5 Å². The van der Waals surface area contributed by atoms with Crippen LogP contribution < -0.4 is 5.32 Å². The minimum absolute atomic E-state index is 0.00142. The van der Waals surface area contributed by atoms with Crippen molar-refractivity contribution in [3.63, 3.8) is 0 Å². The molecule has 0 saturated carbocycles. The first-order valence-electron chi connectivity index (χ1n) is 9.11. The van der Waals surface area contributed by atoms with E-state index in [1.165, 1.54) is 0 Å². The van der Waals surface area contributed by atoms with Crippen LogP contribution in [0.25, 0.3) is 0 Å². The Kier molecular flexibility index (Phi) is 6.02. The molecule has 0 atom stereocenters. The van der Waals surface area contributed by atoms with E-state index in [2.05, 4.69) is 17.1 Å². The van der Waals surface area contributed by atoms with E-state index in [4.69, 9.17) is 0 Å². The number of benzene rings is 2. The first-order chi connectivity index (χ1) is 12.7. The zero-order valence-corrected chi connectivity index (χ0v) is 15.1. The number of piperazine rings is 1. The molecule has 2 amide bonds. The zero-order chi connectivity index (χ0) is 18.4. The first-order valence-corrected chi connectivity index (χ1v) is 9.11. The fourth-order valence-electron chi connectivity index (χ4n) is 3.12. The Hall–Kier alpha value is -2.66. The molecule has 0 unspecified atom stereocenters. The molecule has 0 bridgehead atoms. The Labute approximate surface area is 154 Å². The second-order valence-electron chi connectivity index (χ2n) is 6.48. The van der Waals surface area contributed by atoms with Crippen LogP contribution in [0.5, 0.6) is 0 Å². The highest BCUT2D eigenvalue weighted by atomic mass is 16.2. The summed E-state index contributed by atoms with van der Waals surface area (Å²) in [7, 11) is 0. The molecule has 1 saturated heterocycles. The third-order valence-corrected chi connectivity index (χ3v) is 4.77. The lowest BCUT2D eigenvalue weighted by atomic mass is 10.1. The van der Waals surface area contributed by atoms with Gasteiger partial charge in [0.2, 0.25) is 0 Å². The van der Waals surface area contributed by atoms with Crippen LogP contribution >= 0.6 is 0 Å². The van der Waals surface area contributed by atoms with Crippen LogP contribution in [0.15, 0.2) is 54.6 Å². The number of nitrogens with one attached hydrogen (secondary N) is 1. The van der Waals surface area contributed by atoms with Gasteiger partial charge in [-0.05, 0) is 30.3 Å². The van der Waals surface area contributed by atoms with E-state index in [0.717, 1.165) is 38.3 Å². The number of nitrogens with zero attached hydrogens (tertiary/aromatic N) is 2. The predicted molar refractivity (Wildman–Crippen MR) is 102 cm³/mol. The topological polar surface area (TPSA) is 52.7 Å². The summed E-state index contributed by atoms with van der Waals surface area (Å²) in [5.74, 6) is -0.169. The van der Waals surface area contributed by atoms with Crippen molar-refractivity contribution < 1.29 is 9.59 Å². The molecule has 3 rings (SSSR count). The highest BCUT2D eigenvalue weighted by Crippen LogP contribution is 2.11. The van der Waals surface area contributed by atoms with Gasteiger partial charge in [-0.3, -0.25) is 9.59 Å². The second-order valence-corrected chi connectivity index (χ2v) is 6.48.